The molecular weight excluding hydrogens is 334 g/mol. The third kappa shape index (κ3) is 2.88. The molecule has 0 aliphatic rings. The summed E-state index contributed by atoms with van der Waals surface area (Å²) in [4.78, 5) is 12.7. The highest BCUT2D eigenvalue weighted by molar-refractivity contribution is 9.10. The standard InChI is InChI=1S/C16H16BrNO3/c1-9-8-10(4-6-12(9)18)15(19)11-5-7-13(20-2)14(17)16(11)21-3/h4-8H,18H2,1-3H3. The molecule has 0 aromatic heterocycles. The Morgan fingerprint density at radius 2 is 1.86 bits per heavy atom. The fraction of sp³-hybridized carbons (Fsp3) is 0.188. The molecule has 0 unspecified atom stereocenters. The molecule has 0 heterocycles. The van der Waals surface area contributed by atoms with Crippen LogP contribution in [0.15, 0.2) is 34.8 Å². The van der Waals surface area contributed by atoms with Gasteiger partial charge in [0.1, 0.15) is 16.0 Å². The molecular formula is C16H16BrNO3. The number of anilines is 1. The molecule has 2 rings (SSSR count). The molecule has 2 aromatic carbocycles. The molecule has 2 N–H and O–H groups in total. The lowest BCUT2D eigenvalue weighted by Gasteiger charge is -2.13. The lowest BCUT2D eigenvalue weighted by atomic mass is 10.00. The van der Waals surface area contributed by atoms with E-state index in [-0.39, 0.29) is 5.78 Å². The van der Waals surface area contributed by atoms with Gasteiger partial charge in [-0.25, -0.2) is 0 Å². The summed E-state index contributed by atoms with van der Waals surface area (Å²) in [5.41, 5.74) is 8.35. The second-order valence-electron chi connectivity index (χ2n) is 4.56. The Kier molecular flexibility index (Phi) is 4.53. The van der Waals surface area contributed by atoms with E-state index in [2.05, 4.69) is 15.9 Å². The summed E-state index contributed by atoms with van der Waals surface area (Å²) < 4.78 is 11.2. The first kappa shape index (κ1) is 15.4. The van der Waals surface area contributed by atoms with Gasteiger partial charge in [0.15, 0.2) is 5.78 Å². The Morgan fingerprint density at radius 1 is 1.14 bits per heavy atom. The van der Waals surface area contributed by atoms with Crippen LogP contribution in [0.4, 0.5) is 5.69 Å². The van der Waals surface area contributed by atoms with Crippen LogP contribution in [0.25, 0.3) is 0 Å². The van der Waals surface area contributed by atoms with E-state index < -0.39 is 0 Å². The molecule has 0 spiro atoms. The average molecular weight is 350 g/mol. The highest BCUT2D eigenvalue weighted by Crippen LogP contribution is 2.38. The molecule has 0 amide bonds. The third-order valence-corrected chi connectivity index (χ3v) is 4.01. The summed E-state index contributed by atoms with van der Waals surface area (Å²) in [6.45, 7) is 1.87. The van der Waals surface area contributed by atoms with Crippen LogP contribution >= 0.6 is 15.9 Å². The van der Waals surface area contributed by atoms with E-state index in [1.54, 1.807) is 37.4 Å². The molecule has 0 fully saturated rings. The normalized spacial score (nSPS) is 10.3. The van der Waals surface area contributed by atoms with Crippen molar-refractivity contribution in [1.29, 1.82) is 0 Å². The maximum atomic E-state index is 12.7. The van der Waals surface area contributed by atoms with Crippen LogP contribution < -0.4 is 15.2 Å². The van der Waals surface area contributed by atoms with Crippen molar-refractivity contribution in [3.05, 3.63) is 51.5 Å². The molecule has 0 saturated heterocycles. The number of carbonyl (C=O) groups is 1. The molecule has 0 radical (unpaired) electrons. The molecule has 2 aromatic rings. The smallest absolute Gasteiger partial charge is 0.196 e. The number of ketones is 1. The van der Waals surface area contributed by atoms with Crippen molar-refractivity contribution in [2.45, 2.75) is 6.92 Å². The van der Waals surface area contributed by atoms with Gasteiger partial charge in [0, 0.05) is 11.3 Å². The number of hydrogen-bond acceptors (Lipinski definition) is 4. The number of rotatable bonds is 4. The molecule has 0 aliphatic heterocycles. The van der Waals surface area contributed by atoms with Crippen LogP contribution in [-0.2, 0) is 0 Å². The molecule has 0 bridgehead atoms. The van der Waals surface area contributed by atoms with Crippen LogP contribution in [-0.4, -0.2) is 20.0 Å². The first-order valence-corrected chi connectivity index (χ1v) is 7.10. The average Bonchev–Trinajstić information content (AvgIpc) is 2.49. The van der Waals surface area contributed by atoms with Crippen molar-refractivity contribution in [1.82, 2.24) is 0 Å². The number of benzene rings is 2. The van der Waals surface area contributed by atoms with Crippen LogP contribution in [0, 0.1) is 6.92 Å². The van der Waals surface area contributed by atoms with Gasteiger partial charge < -0.3 is 15.2 Å². The van der Waals surface area contributed by atoms with Crippen molar-refractivity contribution in [3.63, 3.8) is 0 Å². The van der Waals surface area contributed by atoms with Crippen LogP contribution in [0.3, 0.4) is 0 Å². The fourth-order valence-electron chi connectivity index (χ4n) is 2.05. The van der Waals surface area contributed by atoms with E-state index in [0.29, 0.717) is 32.8 Å². The van der Waals surface area contributed by atoms with E-state index in [4.69, 9.17) is 15.2 Å². The molecule has 0 aliphatic carbocycles. The van der Waals surface area contributed by atoms with Gasteiger partial charge in [0.2, 0.25) is 0 Å². The summed E-state index contributed by atoms with van der Waals surface area (Å²) >= 11 is 3.40. The molecule has 4 nitrogen and oxygen atoms in total. The first-order valence-electron chi connectivity index (χ1n) is 6.31. The minimum Gasteiger partial charge on any atom is -0.495 e. The Labute approximate surface area is 132 Å². The minimum atomic E-state index is -0.127. The topological polar surface area (TPSA) is 61.5 Å². The van der Waals surface area contributed by atoms with Gasteiger partial charge in [-0.05, 0) is 58.7 Å². The fourth-order valence-corrected chi connectivity index (χ4v) is 2.72. The maximum absolute atomic E-state index is 12.7. The number of ether oxygens (including phenoxy) is 2. The van der Waals surface area contributed by atoms with Crippen LogP contribution in [0.5, 0.6) is 11.5 Å². The van der Waals surface area contributed by atoms with E-state index >= 15 is 0 Å². The zero-order chi connectivity index (χ0) is 15.6. The molecule has 5 heteroatoms. The zero-order valence-electron chi connectivity index (χ0n) is 12.1. The monoisotopic (exact) mass is 349 g/mol. The molecule has 110 valence electrons. The number of aryl methyl sites for hydroxylation is 1. The van der Waals surface area contributed by atoms with Crippen molar-refractivity contribution >= 4 is 27.4 Å². The SMILES string of the molecule is COc1ccc(C(=O)c2ccc(N)c(C)c2)c(OC)c1Br. The maximum Gasteiger partial charge on any atom is 0.196 e. The number of carbonyl (C=O) groups excluding carboxylic acids is 1. The van der Waals surface area contributed by atoms with Gasteiger partial charge in [-0.1, -0.05) is 0 Å². The van der Waals surface area contributed by atoms with E-state index in [1.807, 2.05) is 6.92 Å². The van der Waals surface area contributed by atoms with E-state index in [9.17, 15) is 4.79 Å². The Balaban J connectivity index is 2.52. The number of nitrogens with two attached hydrogens (primary N) is 1. The van der Waals surface area contributed by atoms with Gasteiger partial charge in [-0.15, -0.1) is 0 Å². The summed E-state index contributed by atoms with van der Waals surface area (Å²) in [5.74, 6) is 0.934. The van der Waals surface area contributed by atoms with E-state index in [0.717, 1.165) is 5.56 Å². The number of nitrogen functional groups attached to an aromatic ring is 1. The van der Waals surface area contributed by atoms with Gasteiger partial charge in [-0.2, -0.15) is 0 Å². The van der Waals surface area contributed by atoms with Crippen molar-refractivity contribution in [3.8, 4) is 11.5 Å². The second-order valence-corrected chi connectivity index (χ2v) is 5.36. The summed E-state index contributed by atoms with van der Waals surface area (Å²) in [5, 5.41) is 0. The molecule has 0 atom stereocenters. The third-order valence-electron chi connectivity index (χ3n) is 3.26. The summed E-state index contributed by atoms with van der Waals surface area (Å²) in [6.07, 6.45) is 0. The largest absolute Gasteiger partial charge is 0.495 e. The Hall–Kier alpha value is -2.01. The van der Waals surface area contributed by atoms with Crippen LogP contribution in [0.1, 0.15) is 21.5 Å². The van der Waals surface area contributed by atoms with Crippen molar-refractivity contribution in [2.24, 2.45) is 0 Å². The predicted octanol–water partition coefficient (Wildman–Crippen LogP) is 3.59. The van der Waals surface area contributed by atoms with E-state index in [1.165, 1.54) is 7.11 Å². The lowest BCUT2D eigenvalue weighted by Crippen LogP contribution is -2.06. The van der Waals surface area contributed by atoms with Gasteiger partial charge in [-0.3, -0.25) is 4.79 Å². The minimum absolute atomic E-state index is 0.127. The first-order chi connectivity index (χ1) is 9.99. The summed E-state index contributed by atoms with van der Waals surface area (Å²) in [7, 11) is 3.08. The lowest BCUT2D eigenvalue weighted by molar-refractivity contribution is 0.103. The van der Waals surface area contributed by atoms with Crippen molar-refractivity contribution in [2.75, 3.05) is 20.0 Å². The number of halogens is 1. The highest BCUT2D eigenvalue weighted by atomic mass is 79.9. The van der Waals surface area contributed by atoms with Gasteiger partial charge in [0.05, 0.1) is 19.8 Å². The van der Waals surface area contributed by atoms with Gasteiger partial charge >= 0.3 is 0 Å². The van der Waals surface area contributed by atoms with Crippen molar-refractivity contribution < 1.29 is 14.3 Å². The Morgan fingerprint density at radius 3 is 2.43 bits per heavy atom. The van der Waals surface area contributed by atoms with Gasteiger partial charge in [0.25, 0.3) is 0 Å². The van der Waals surface area contributed by atoms with Crippen LogP contribution in [0.2, 0.25) is 0 Å². The zero-order valence-corrected chi connectivity index (χ0v) is 13.7. The number of hydrogen-bond donors (Lipinski definition) is 1. The summed E-state index contributed by atoms with van der Waals surface area (Å²) in [6, 6.07) is 8.63. The molecule has 0 saturated carbocycles. The predicted molar refractivity (Wildman–Crippen MR) is 86.3 cm³/mol. The quantitative estimate of drug-likeness (QED) is 0.676. The second kappa shape index (κ2) is 6.18. The molecule has 21 heavy (non-hydrogen) atoms. The highest BCUT2D eigenvalue weighted by Gasteiger charge is 2.19. The number of methoxy groups -OCH3 is 2. The Bertz CT molecular complexity index is 698.